The normalized spacial score (nSPS) is 10.6. The van der Waals surface area contributed by atoms with Crippen LogP contribution in [0.4, 0.5) is 11.5 Å². The number of ether oxygens (including phenoxy) is 1. The van der Waals surface area contributed by atoms with Crippen LogP contribution in [0.15, 0.2) is 89.7 Å². The number of nitrogens with zero attached hydrogens (tertiary/aromatic N) is 2. The van der Waals surface area contributed by atoms with Crippen molar-refractivity contribution in [1.82, 2.24) is 9.55 Å². The first-order chi connectivity index (χ1) is 17.5. The highest BCUT2D eigenvalue weighted by atomic mass is 35.5. The van der Waals surface area contributed by atoms with Crippen molar-refractivity contribution in [3.8, 4) is 11.3 Å². The summed E-state index contributed by atoms with van der Waals surface area (Å²) >= 11 is 6.61. The van der Waals surface area contributed by atoms with Gasteiger partial charge in [-0.3, -0.25) is 14.2 Å². The molecular weight excluding hydrogens is 476 g/mol. The lowest BCUT2D eigenvalue weighted by molar-refractivity contribution is -0.145. The Labute approximate surface area is 214 Å². The summed E-state index contributed by atoms with van der Waals surface area (Å²) in [6.07, 6.45) is 0.699. The lowest BCUT2D eigenvalue weighted by atomic mass is 10.1. The molecule has 0 saturated heterocycles. The third-order valence-electron chi connectivity index (χ3n) is 5.63. The van der Waals surface area contributed by atoms with Gasteiger partial charge in [-0.05, 0) is 29.7 Å². The molecule has 3 aromatic carbocycles. The van der Waals surface area contributed by atoms with Gasteiger partial charge in [-0.25, -0.2) is 4.98 Å². The third kappa shape index (κ3) is 6.31. The van der Waals surface area contributed by atoms with Crippen LogP contribution in [0.1, 0.15) is 11.1 Å². The number of hydrogen-bond acceptors (Lipinski definition) is 6. The Morgan fingerprint density at radius 1 is 0.972 bits per heavy atom. The number of anilines is 2. The van der Waals surface area contributed by atoms with E-state index in [2.05, 4.69) is 15.6 Å². The summed E-state index contributed by atoms with van der Waals surface area (Å²) in [6, 6.07) is 26.7. The first-order valence-corrected chi connectivity index (χ1v) is 12.0. The van der Waals surface area contributed by atoms with Crippen LogP contribution < -0.4 is 16.2 Å². The largest absolute Gasteiger partial charge is 0.459 e. The van der Waals surface area contributed by atoms with Crippen LogP contribution in [0.25, 0.3) is 11.3 Å². The molecule has 1 heterocycles. The fraction of sp³-hybridized carbons (Fsp3) is 0.179. The molecule has 184 valence electrons. The second-order valence-electron chi connectivity index (χ2n) is 8.13. The van der Waals surface area contributed by atoms with Crippen LogP contribution in [-0.2, 0) is 29.1 Å². The molecule has 2 N–H and O–H groups in total. The first-order valence-electron chi connectivity index (χ1n) is 11.6. The summed E-state index contributed by atoms with van der Waals surface area (Å²) in [5.41, 5.74) is 3.37. The second-order valence-corrected chi connectivity index (χ2v) is 8.49. The molecule has 7 nitrogen and oxygen atoms in total. The number of carbonyl (C=O) groups is 1. The summed E-state index contributed by atoms with van der Waals surface area (Å²) in [4.78, 5) is 30.6. The monoisotopic (exact) mass is 502 g/mol. The van der Waals surface area contributed by atoms with Crippen molar-refractivity contribution >= 4 is 29.1 Å². The van der Waals surface area contributed by atoms with Crippen LogP contribution in [0.5, 0.6) is 0 Å². The first kappa shape index (κ1) is 25.0. The predicted molar refractivity (Wildman–Crippen MR) is 143 cm³/mol. The minimum absolute atomic E-state index is 0.0836. The average molecular weight is 503 g/mol. The van der Waals surface area contributed by atoms with E-state index < -0.39 is 11.5 Å². The topological polar surface area (TPSA) is 85.3 Å². The molecule has 8 heteroatoms. The molecule has 0 aliphatic carbocycles. The van der Waals surface area contributed by atoms with E-state index in [1.165, 1.54) is 4.57 Å². The van der Waals surface area contributed by atoms with E-state index >= 15 is 0 Å². The SMILES string of the molecule is CNc1cccc(-c2c(Cl)nc(NCCc3ccccc3)c(=O)n2CC(=O)OCc2ccccc2)c1. The summed E-state index contributed by atoms with van der Waals surface area (Å²) in [7, 11) is 1.80. The van der Waals surface area contributed by atoms with Crippen molar-refractivity contribution in [2.75, 3.05) is 24.2 Å². The number of benzene rings is 3. The Morgan fingerprint density at radius 3 is 2.36 bits per heavy atom. The highest BCUT2D eigenvalue weighted by Crippen LogP contribution is 2.28. The van der Waals surface area contributed by atoms with Gasteiger partial charge in [0.2, 0.25) is 0 Å². The number of esters is 1. The van der Waals surface area contributed by atoms with E-state index in [9.17, 15) is 9.59 Å². The maximum Gasteiger partial charge on any atom is 0.326 e. The number of nitrogens with one attached hydrogen (secondary N) is 2. The van der Waals surface area contributed by atoms with Crippen molar-refractivity contribution in [3.05, 3.63) is 112 Å². The molecule has 0 aliphatic rings. The zero-order chi connectivity index (χ0) is 25.3. The number of rotatable bonds is 10. The summed E-state index contributed by atoms with van der Waals surface area (Å²) in [6.45, 7) is 0.288. The number of hydrogen-bond donors (Lipinski definition) is 2. The second kappa shape index (κ2) is 12.0. The molecule has 0 radical (unpaired) electrons. The Kier molecular flexibility index (Phi) is 8.36. The van der Waals surface area contributed by atoms with Crippen LogP contribution in [0.3, 0.4) is 0 Å². The Bertz CT molecular complexity index is 1370. The number of aromatic nitrogens is 2. The van der Waals surface area contributed by atoms with E-state index in [1.54, 1.807) is 7.05 Å². The van der Waals surface area contributed by atoms with Gasteiger partial charge < -0.3 is 15.4 Å². The smallest absolute Gasteiger partial charge is 0.326 e. The maximum atomic E-state index is 13.5. The molecule has 0 aliphatic heterocycles. The van der Waals surface area contributed by atoms with Crippen molar-refractivity contribution in [3.63, 3.8) is 0 Å². The van der Waals surface area contributed by atoms with E-state index in [0.29, 0.717) is 24.2 Å². The standard InChI is InChI=1S/C28H27ClN4O3/c1-30-23-14-8-13-22(17-23)25-26(29)32-27(31-16-15-20-9-4-2-5-10-20)28(35)33(25)18-24(34)36-19-21-11-6-3-7-12-21/h2-14,17,30H,15-16,18-19H2,1H3,(H,31,32). The van der Waals surface area contributed by atoms with Crippen LogP contribution >= 0.6 is 11.6 Å². The van der Waals surface area contributed by atoms with Gasteiger partial charge in [0.05, 0.1) is 5.69 Å². The van der Waals surface area contributed by atoms with Crippen molar-refractivity contribution in [2.24, 2.45) is 0 Å². The van der Waals surface area contributed by atoms with Gasteiger partial charge in [0, 0.05) is 24.8 Å². The lowest BCUT2D eigenvalue weighted by Crippen LogP contribution is -2.30. The highest BCUT2D eigenvalue weighted by Gasteiger charge is 2.20. The van der Waals surface area contributed by atoms with Crippen molar-refractivity contribution < 1.29 is 9.53 Å². The van der Waals surface area contributed by atoms with Crippen LogP contribution in [0, 0.1) is 0 Å². The molecular formula is C28H27ClN4O3. The molecule has 0 bridgehead atoms. The molecule has 36 heavy (non-hydrogen) atoms. The molecule has 0 fully saturated rings. The zero-order valence-electron chi connectivity index (χ0n) is 19.9. The third-order valence-corrected chi connectivity index (χ3v) is 5.89. The molecule has 4 aromatic rings. The summed E-state index contributed by atoms with van der Waals surface area (Å²) in [5, 5.41) is 6.26. The lowest BCUT2D eigenvalue weighted by Gasteiger charge is -2.17. The van der Waals surface area contributed by atoms with Gasteiger partial charge in [-0.1, -0.05) is 84.4 Å². The molecule has 0 spiro atoms. The van der Waals surface area contributed by atoms with Crippen LogP contribution in [0.2, 0.25) is 5.15 Å². The summed E-state index contributed by atoms with van der Waals surface area (Å²) < 4.78 is 6.77. The molecule has 0 atom stereocenters. The van der Waals surface area contributed by atoms with Gasteiger partial charge in [-0.2, -0.15) is 0 Å². The molecule has 0 amide bonds. The van der Waals surface area contributed by atoms with Gasteiger partial charge in [0.15, 0.2) is 11.0 Å². The van der Waals surface area contributed by atoms with E-state index in [-0.39, 0.29) is 24.1 Å². The molecule has 1 aromatic heterocycles. The van der Waals surface area contributed by atoms with Crippen molar-refractivity contribution in [1.29, 1.82) is 0 Å². The van der Waals surface area contributed by atoms with Gasteiger partial charge in [-0.15, -0.1) is 0 Å². The fourth-order valence-electron chi connectivity index (χ4n) is 3.79. The van der Waals surface area contributed by atoms with E-state index in [4.69, 9.17) is 16.3 Å². The molecule has 0 saturated carbocycles. The fourth-order valence-corrected chi connectivity index (χ4v) is 4.08. The number of halogens is 1. The van der Waals surface area contributed by atoms with Crippen LogP contribution in [-0.4, -0.2) is 29.1 Å². The maximum absolute atomic E-state index is 13.5. The van der Waals surface area contributed by atoms with Gasteiger partial charge >= 0.3 is 5.97 Å². The average Bonchev–Trinajstić information content (AvgIpc) is 2.91. The molecule has 4 rings (SSSR count). The predicted octanol–water partition coefficient (Wildman–Crippen LogP) is 5.00. The van der Waals surface area contributed by atoms with Crippen molar-refractivity contribution in [2.45, 2.75) is 19.6 Å². The Balaban J connectivity index is 1.62. The minimum atomic E-state index is -0.551. The quantitative estimate of drug-likeness (QED) is 0.297. The zero-order valence-corrected chi connectivity index (χ0v) is 20.7. The Hall–Kier alpha value is -4.10. The summed E-state index contributed by atoms with van der Waals surface area (Å²) in [5.74, 6) is -0.468. The minimum Gasteiger partial charge on any atom is -0.459 e. The van der Waals surface area contributed by atoms with Gasteiger partial charge in [0.25, 0.3) is 5.56 Å². The molecule has 0 unspecified atom stereocenters. The van der Waals surface area contributed by atoms with E-state index in [0.717, 1.165) is 16.8 Å². The van der Waals surface area contributed by atoms with E-state index in [1.807, 2.05) is 84.9 Å². The highest BCUT2D eigenvalue weighted by molar-refractivity contribution is 6.32. The van der Waals surface area contributed by atoms with Gasteiger partial charge in [0.1, 0.15) is 13.2 Å². The Morgan fingerprint density at radius 2 is 1.67 bits per heavy atom. The number of carbonyl (C=O) groups excluding carboxylic acids is 1.